The Labute approximate surface area is 267 Å². The lowest BCUT2D eigenvalue weighted by atomic mass is 9.93. The normalized spacial score (nSPS) is 11.9. The molecule has 0 radical (unpaired) electrons. The Hall–Kier alpha value is -6.05. The van der Waals surface area contributed by atoms with Crippen LogP contribution in [0.5, 0.6) is 0 Å². The summed E-state index contributed by atoms with van der Waals surface area (Å²) in [7, 11) is 0. The van der Waals surface area contributed by atoms with Crippen LogP contribution in [-0.4, -0.2) is 4.98 Å². The maximum Gasteiger partial charge on any atom is 0.0702 e. The summed E-state index contributed by atoms with van der Waals surface area (Å²) in [6.07, 6.45) is 2.00. The molecule has 0 spiro atoms. The van der Waals surface area contributed by atoms with E-state index < -0.39 is 0 Å². The van der Waals surface area contributed by atoms with Crippen LogP contribution in [0.25, 0.3) is 98.9 Å². The van der Waals surface area contributed by atoms with E-state index >= 15 is 0 Å². The summed E-state index contributed by atoms with van der Waals surface area (Å²) in [5.41, 5.74) is 13.5. The van der Waals surface area contributed by atoms with Crippen molar-refractivity contribution in [1.29, 1.82) is 0 Å². The van der Waals surface area contributed by atoms with Crippen molar-refractivity contribution >= 4 is 43.2 Å². The fourth-order valence-corrected chi connectivity index (χ4v) is 7.58. The Morgan fingerprint density at radius 3 is 1.91 bits per heavy atom. The lowest BCUT2D eigenvalue weighted by Crippen LogP contribution is -1.87. The molecule has 46 heavy (non-hydrogen) atoms. The third-order valence-corrected chi connectivity index (χ3v) is 9.80. The van der Waals surface area contributed by atoms with Crippen LogP contribution in [0, 0.1) is 0 Å². The van der Waals surface area contributed by atoms with E-state index in [1.807, 2.05) is 6.20 Å². The quantitative estimate of drug-likeness (QED) is 0.202. The van der Waals surface area contributed by atoms with Crippen LogP contribution in [0.4, 0.5) is 0 Å². The molecule has 10 rings (SSSR count). The lowest BCUT2D eigenvalue weighted by molar-refractivity contribution is 1.41. The van der Waals surface area contributed by atoms with Gasteiger partial charge in [0.1, 0.15) is 0 Å². The average molecular weight is 582 g/mol. The second-order valence-corrected chi connectivity index (χ2v) is 12.4. The van der Waals surface area contributed by atoms with Gasteiger partial charge in [0.15, 0.2) is 0 Å². The summed E-state index contributed by atoms with van der Waals surface area (Å²) in [5.74, 6) is 0. The first kappa shape index (κ1) is 25.3. The molecule has 1 heteroatoms. The van der Waals surface area contributed by atoms with E-state index in [4.69, 9.17) is 4.98 Å². The monoisotopic (exact) mass is 581 g/mol. The van der Waals surface area contributed by atoms with E-state index in [2.05, 4.69) is 158 Å². The predicted molar refractivity (Wildman–Crippen MR) is 195 cm³/mol. The summed E-state index contributed by atoms with van der Waals surface area (Å²) in [5, 5.41) is 8.90. The minimum Gasteiger partial charge on any atom is -0.256 e. The van der Waals surface area contributed by atoms with Crippen molar-refractivity contribution in [1.82, 2.24) is 4.98 Å². The SMILES string of the molecule is c1cc(-c2ccc3ccccc3c2)cc(-c2cnc3ccc(-c4ccc5c6c(cccc46)-c4c-5ccc5ccccc45)cc3c2)c1. The summed E-state index contributed by atoms with van der Waals surface area (Å²) >= 11 is 0. The van der Waals surface area contributed by atoms with Crippen LogP contribution in [-0.2, 0) is 0 Å². The highest BCUT2D eigenvalue weighted by Crippen LogP contribution is 2.51. The van der Waals surface area contributed by atoms with Crippen LogP contribution in [0.3, 0.4) is 0 Å². The van der Waals surface area contributed by atoms with Gasteiger partial charge in [-0.1, -0.05) is 127 Å². The molecule has 1 aliphatic carbocycles. The third kappa shape index (κ3) is 3.79. The topological polar surface area (TPSA) is 12.9 Å². The number of hydrogen-bond donors (Lipinski definition) is 0. The van der Waals surface area contributed by atoms with Gasteiger partial charge in [-0.2, -0.15) is 0 Å². The fraction of sp³-hybridized carbons (Fsp3) is 0. The lowest BCUT2D eigenvalue weighted by Gasteiger charge is -2.11. The van der Waals surface area contributed by atoms with Gasteiger partial charge in [0.25, 0.3) is 0 Å². The van der Waals surface area contributed by atoms with E-state index in [0.29, 0.717) is 0 Å². The number of rotatable bonds is 3. The van der Waals surface area contributed by atoms with Gasteiger partial charge >= 0.3 is 0 Å². The van der Waals surface area contributed by atoms with E-state index in [0.717, 1.165) is 16.5 Å². The van der Waals surface area contributed by atoms with Gasteiger partial charge in [0.05, 0.1) is 5.52 Å². The van der Waals surface area contributed by atoms with Crippen LogP contribution in [0.1, 0.15) is 0 Å². The molecule has 0 fully saturated rings. The highest BCUT2D eigenvalue weighted by atomic mass is 14.6. The van der Waals surface area contributed by atoms with Crippen LogP contribution < -0.4 is 0 Å². The highest BCUT2D eigenvalue weighted by molar-refractivity contribution is 6.23. The molecule has 0 amide bonds. The zero-order valence-electron chi connectivity index (χ0n) is 25.0. The Morgan fingerprint density at radius 2 is 0.978 bits per heavy atom. The Morgan fingerprint density at radius 1 is 0.326 bits per heavy atom. The molecule has 212 valence electrons. The molecule has 1 aliphatic rings. The molecule has 0 aliphatic heterocycles. The van der Waals surface area contributed by atoms with E-state index in [1.54, 1.807) is 0 Å². The highest BCUT2D eigenvalue weighted by Gasteiger charge is 2.24. The summed E-state index contributed by atoms with van der Waals surface area (Å²) in [6, 6.07) is 57.7. The van der Waals surface area contributed by atoms with Crippen LogP contribution in [0.2, 0.25) is 0 Å². The van der Waals surface area contributed by atoms with Crippen molar-refractivity contribution in [3.63, 3.8) is 0 Å². The molecule has 9 aromatic rings. The molecule has 0 saturated heterocycles. The largest absolute Gasteiger partial charge is 0.256 e. The minimum atomic E-state index is 1.00. The number of hydrogen-bond acceptors (Lipinski definition) is 1. The first-order valence-electron chi connectivity index (χ1n) is 15.9. The first-order chi connectivity index (χ1) is 22.8. The molecule has 0 bridgehead atoms. The number of pyridine rings is 1. The zero-order chi connectivity index (χ0) is 30.2. The Balaban J connectivity index is 1.08. The van der Waals surface area contributed by atoms with Gasteiger partial charge in [0.2, 0.25) is 0 Å². The van der Waals surface area contributed by atoms with Gasteiger partial charge in [-0.15, -0.1) is 0 Å². The van der Waals surface area contributed by atoms with E-state index in [1.165, 1.54) is 82.4 Å². The number of fused-ring (bicyclic) bond motifs is 7. The number of benzene rings is 8. The van der Waals surface area contributed by atoms with Crippen molar-refractivity contribution in [2.75, 3.05) is 0 Å². The molecule has 1 heterocycles. The van der Waals surface area contributed by atoms with Gasteiger partial charge in [-0.3, -0.25) is 4.98 Å². The number of nitrogens with zero attached hydrogens (tertiary/aromatic N) is 1. The van der Waals surface area contributed by atoms with E-state index in [9.17, 15) is 0 Å². The molecule has 0 N–H and O–H groups in total. The second kappa shape index (κ2) is 9.72. The second-order valence-electron chi connectivity index (χ2n) is 12.4. The fourth-order valence-electron chi connectivity index (χ4n) is 7.58. The van der Waals surface area contributed by atoms with E-state index in [-0.39, 0.29) is 0 Å². The van der Waals surface area contributed by atoms with Gasteiger partial charge in [-0.05, 0) is 113 Å². The summed E-state index contributed by atoms with van der Waals surface area (Å²) in [6.45, 7) is 0. The first-order valence-corrected chi connectivity index (χ1v) is 15.9. The van der Waals surface area contributed by atoms with Crippen molar-refractivity contribution in [2.45, 2.75) is 0 Å². The molecule has 1 nitrogen and oxygen atoms in total. The van der Waals surface area contributed by atoms with Crippen molar-refractivity contribution in [3.05, 3.63) is 164 Å². The average Bonchev–Trinajstić information content (AvgIpc) is 3.46. The van der Waals surface area contributed by atoms with Gasteiger partial charge in [-0.25, -0.2) is 0 Å². The molecular weight excluding hydrogens is 555 g/mol. The zero-order valence-corrected chi connectivity index (χ0v) is 25.0. The van der Waals surface area contributed by atoms with Crippen molar-refractivity contribution in [2.24, 2.45) is 0 Å². The maximum absolute atomic E-state index is 4.89. The maximum atomic E-state index is 4.89. The molecule has 8 aromatic carbocycles. The smallest absolute Gasteiger partial charge is 0.0702 e. The minimum absolute atomic E-state index is 1.00. The van der Waals surface area contributed by atoms with Gasteiger partial charge < -0.3 is 0 Å². The van der Waals surface area contributed by atoms with Gasteiger partial charge in [0, 0.05) is 17.1 Å². The standard InChI is InChI=1S/C45H27N/c1-2-9-30-23-33(16-15-28(30)7-1)31-10-5-11-32(24-31)36-26-35-25-34(18-22-43(35)46-27-36)37-20-21-41-40-19-17-29-8-3-4-12-38(29)44(40)42-14-6-13-39(37)45(41)42/h1-27H. The van der Waals surface area contributed by atoms with Crippen LogP contribution in [0.15, 0.2) is 164 Å². The molecule has 0 saturated carbocycles. The Bertz CT molecular complexity index is 2700. The third-order valence-electron chi connectivity index (χ3n) is 9.80. The van der Waals surface area contributed by atoms with Crippen molar-refractivity contribution in [3.8, 4) is 55.6 Å². The van der Waals surface area contributed by atoms with Crippen LogP contribution >= 0.6 is 0 Å². The summed E-state index contributed by atoms with van der Waals surface area (Å²) < 4.78 is 0. The summed E-state index contributed by atoms with van der Waals surface area (Å²) in [4.78, 5) is 4.89. The molecule has 1 aromatic heterocycles. The van der Waals surface area contributed by atoms with Crippen molar-refractivity contribution < 1.29 is 0 Å². The predicted octanol–water partition coefficient (Wildman–Crippen LogP) is 12.3. The molecule has 0 unspecified atom stereocenters. The Kier molecular flexibility index (Phi) is 5.35. The number of aromatic nitrogens is 1. The molecule has 0 atom stereocenters. The molecular formula is C45H27N.